The van der Waals surface area contributed by atoms with Crippen molar-refractivity contribution in [3.8, 4) is 6.07 Å². The number of fused-ring (bicyclic) bond motifs is 1. The Bertz CT molecular complexity index is 899. The van der Waals surface area contributed by atoms with Crippen molar-refractivity contribution in [1.29, 1.82) is 5.26 Å². The molecule has 0 spiro atoms. The Morgan fingerprint density at radius 3 is 2.38 bits per heavy atom. The molecule has 26 heavy (non-hydrogen) atoms. The summed E-state index contributed by atoms with van der Waals surface area (Å²) < 4.78 is 0. The molecular weight excluding hydrogens is 367 g/mol. The third-order valence-corrected chi connectivity index (χ3v) is 4.38. The van der Waals surface area contributed by atoms with Gasteiger partial charge in [-0.05, 0) is 35.9 Å². The van der Waals surface area contributed by atoms with Crippen LogP contribution >= 0.6 is 23.2 Å². The van der Waals surface area contributed by atoms with E-state index in [0.717, 1.165) is 35.4 Å². The normalized spacial score (nSPS) is 11.5. The second-order valence-corrected chi connectivity index (χ2v) is 6.48. The van der Waals surface area contributed by atoms with E-state index in [1.807, 2.05) is 54.6 Å². The van der Waals surface area contributed by atoms with Crippen LogP contribution in [0, 0.1) is 11.3 Å². The van der Waals surface area contributed by atoms with Gasteiger partial charge in [-0.3, -0.25) is 0 Å². The lowest BCUT2D eigenvalue weighted by Gasteiger charge is -2.22. The first kappa shape index (κ1) is 18.3. The van der Waals surface area contributed by atoms with E-state index in [9.17, 15) is 5.26 Å². The maximum Gasteiger partial charge on any atom is 0.149 e. The van der Waals surface area contributed by atoms with Crippen LogP contribution < -0.4 is 4.90 Å². The van der Waals surface area contributed by atoms with Crippen molar-refractivity contribution in [2.75, 3.05) is 29.7 Å². The van der Waals surface area contributed by atoms with Crippen LogP contribution in [0.15, 0.2) is 48.5 Å². The van der Waals surface area contributed by atoms with E-state index < -0.39 is 0 Å². The van der Waals surface area contributed by atoms with E-state index in [-0.39, 0.29) is 0 Å². The molecule has 0 unspecified atom stereocenters. The topological polar surface area (TPSA) is 55.7 Å². The van der Waals surface area contributed by atoms with Crippen LogP contribution in [-0.4, -0.2) is 34.8 Å². The fraction of sp³-hybridized carbons (Fsp3) is 0.200. The number of anilines is 1. The SMILES string of the molecule is N#C/C(=C\c1ccc(N(CCCl)CCCl)cc1)c1nc2ccccc2[nH]1. The van der Waals surface area contributed by atoms with E-state index >= 15 is 0 Å². The van der Waals surface area contributed by atoms with Crippen LogP contribution in [0.4, 0.5) is 5.69 Å². The Hall–Kier alpha value is -2.48. The molecule has 2 aromatic carbocycles. The summed E-state index contributed by atoms with van der Waals surface area (Å²) in [7, 11) is 0. The minimum atomic E-state index is 0.493. The number of halogens is 2. The largest absolute Gasteiger partial charge is 0.369 e. The summed E-state index contributed by atoms with van der Waals surface area (Å²) in [5, 5.41) is 9.53. The average Bonchev–Trinajstić information content (AvgIpc) is 3.10. The molecule has 0 fully saturated rings. The number of aromatic nitrogens is 2. The molecule has 1 aromatic heterocycles. The summed E-state index contributed by atoms with van der Waals surface area (Å²) in [4.78, 5) is 9.82. The van der Waals surface area contributed by atoms with Crippen LogP contribution in [0.3, 0.4) is 0 Å². The summed E-state index contributed by atoms with van der Waals surface area (Å²) in [5.74, 6) is 1.66. The zero-order valence-corrected chi connectivity index (χ0v) is 15.6. The van der Waals surface area contributed by atoms with E-state index in [4.69, 9.17) is 23.2 Å². The number of alkyl halides is 2. The van der Waals surface area contributed by atoms with E-state index in [2.05, 4.69) is 20.9 Å². The first-order valence-electron chi connectivity index (χ1n) is 8.29. The molecule has 0 saturated carbocycles. The number of benzene rings is 2. The number of nitrogens with one attached hydrogen (secondary N) is 1. The maximum atomic E-state index is 9.53. The minimum Gasteiger partial charge on any atom is -0.369 e. The average molecular weight is 385 g/mol. The van der Waals surface area contributed by atoms with Gasteiger partial charge in [0.1, 0.15) is 11.9 Å². The first-order valence-corrected chi connectivity index (χ1v) is 9.36. The first-order chi connectivity index (χ1) is 12.7. The van der Waals surface area contributed by atoms with Crippen molar-refractivity contribution in [2.24, 2.45) is 0 Å². The Labute approximate surface area is 162 Å². The fourth-order valence-electron chi connectivity index (χ4n) is 2.76. The number of imidazole rings is 1. The molecule has 0 bridgehead atoms. The van der Waals surface area contributed by atoms with Crippen molar-refractivity contribution in [3.63, 3.8) is 0 Å². The van der Waals surface area contributed by atoms with Crippen molar-refractivity contribution in [2.45, 2.75) is 0 Å². The second kappa shape index (κ2) is 8.75. The molecule has 0 amide bonds. The summed E-state index contributed by atoms with van der Waals surface area (Å²) in [6, 6.07) is 17.9. The van der Waals surface area contributed by atoms with E-state index in [0.29, 0.717) is 23.2 Å². The molecule has 0 aliphatic carbocycles. The number of rotatable bonds is 7. The Morgan fingerprint density at radius 2 is 1.77 bits per heavy atom. The van der Waals surface area contributed by atoms with Gasteiger partial charge in [-0.25, -0.2) is 4.98 Å². The van der Waals surface area contributed by atoms with Gasteiger partial charge in [0.25, 0.3) is 0 Å². The van der Waals surface area contributed by atoms with Gasteiger partial charge >= 0.3 is 0 Å². The molecule has 0 radical (unpaired) electrons. The molecule has 1 N–H and O–H groups in total. The number of H-pyrrole nitrogens is 1. The van der Waals surface area contributed by atoms with E-state index in [1.165, 1.54) is 0 Å². The highest BCUT2D eigenvalue weighted by Gasteiger charge is 2.08. The number of hydrogen-bond donors (Lipinski definition) is 1. The zero-order chi connectivity index (χ0) is 18.4. The van der Waals surface area contributed by atoms with Crippen molar-refractivity contribution < 1.29 is 0 Å². The smallest absolute Gasteiger partial charge is 0.149 e. The van der Waals surface area contributed by atoms with Gasteiger partial charge < -0.3 is 9.88 Å². The Balaban J connectivity index is 1.86. The van der Waals surface area contributed by atoms with Gasteiger partial charge in [-0.1, -0.05) is 24.3 Å². The monoisotopic (exact) mass is 384 g/mol. The quantitative estimate of drug-likeness (QED) is 0.464. The molecule has 0 saturated heterocycles. The standard InChI is InChI=1S/C20H18Cl2N4/c21-9-11-26(12-10-22)17-7-5-15(6-8-17)13-16(14-23)20-24-18-3-1-2-4-19(18)25-20/h1-8,13H,9-12H2,(H,24,25)/b16-13+. The zero-order valence-electron chi connectivity index (χ0n) is 14.1. The van der Waals surface area contributed by atoms with Crippen LogP contribution in [-0.2, 0) is 0 Å². The highest BCUT2D eigenvalue weighted by Crippen LogP contribution is 2.21. The minimum absolute atomic E-state index is 0.493. The number of nitriles is 1. The molecular formula is C20H18Cl2N4. The predicted molar refractivity (Wildman–Crippen MR) is 110 cm³/mol. The molecule has 0 aliphatic heterocycles. The molecule has 0 atom stereocenters. The Kier molecular flexibility index (Phi) is 6.17. The molecule has 0 aliphatic rings. The van der Waals surface area contributed by atoms with Gasteiger partial charge in [-0.15, -0.1) is 23.2 Å². The highest BCUT2D eigenvalue weighted by molar-refractivity contribution is 6.18. The lowest BCUT2D eigenvalue weighted by Crippen LogP contribution is -2.27. The molecule has 4 nitrogen and oxygen atoms in total. The van der Waals surface area contributed by atoms with Gasteiger partial charge in [-0.2, -0.15) is 5.26 Å². The number of aromatic amines is 1. The highest BCUT2D eigenvalue weighted by atomic mass is 35.5. The molecule has 3 aromatic rings. The van der Waals surface area contributed by atoms with Crippen molar-refractivity contribution in [1.82, 2.24) is 9.97 Å². The van der Waals surface area contributed by atoms with Crippen molar-refractivity contribution in [3.05, 3.63) is 59.9 Å². The summed E-state index contributed by atoms with van der Waals surface area (Å²) >= 11 is 11.7. The van der Waals surface area contributed by atoms with Gasteiger partial charge in [0, 0.05) is 30.5 Å². The fourth-order valence-corrected chi connectivity index (χ4v) is 3.16. The summed E-state index contributed by atoms with van der Waals surface area (Å²) in [6.07, 6.45) is 1.83. The van der Waals surface area contributed by atoms with Crippen LogP contribution in [0.25, 0.3) is 22.7 Å². The van der Waals surface area contributed by atoms with Gasteiger partial charge in [0.2, 0.25) is 0 Å². The second-order valence-electron chi connectivity index (χ2n) is 5.73. The molecule has 6 heteroatoms. The molecule has 3 rings (SSSR count). The molecule has 132 valence electrons. The van der Waals surface area contributed by atoms with Crippen LogP contribution in [0.1, 0.15) is 11.4 Å². The number of hydrogen-bond acceptors (Lipinski definition) is 3. The van der Waals surface area contributed by atoms with Crippen LogP contribution in [0.2, 0.25) is 0 Å². The summed E-state index contributed by atoms with van der Waals surface area (Å²) in [6.45, 7) is 1.48. The lowest BCUT2D eigenvalue weighted by atomic mass is 10.1. The van der Waals surface area contributed by atoms with Gasteiger partial charge in [0.15, 0.2) is 0 Å². The molecule has 1 heterocycles. The number of nitrogens with zero attached hydrogens (tertiary/aromatic N) is 3. The van der Waals surface area contributed by atoms with E-state index in [1.54, 1.807) is 0 Å². The summed E-state index contributed by atoms with van der Waals surface area (Å²) in [5.41, 5.74) is 4.24. The van der Waals surface area contributed by atoms with Crippen LogP contribution in [0.5, 0.6) is 0 Å². The Morgan fingerprint density at radius 1 is 1.08 bits per heavy atom. The number of allylic oxidation sites excluding steroid dienone is 1. The third-order valence-electron chi connectivity index (χ3n) is 4.04. The number of para-hydroxylation sites is 2. The third kappa shape index (κ3) is 4.19. The van der Waals surface area contributed by atoms with Crippen molar-refractivity contribution >= 4 is 51.6 Å². The van der Waals surface area contributed by atoms with Gasteiger partial charge in [0.05, 0.1) is 16.6 Å². The predicted octanol–water partition coefficient (Wildman–Crippen LogP) is 4.91. The lowest BCUT2D eigenvalue weighted by molar-refractivity contribution is 0.874. The maximum absolute atomic E-state index is 9.53.